The Balaban J connectivity index is 1.65. The Bertz CT molecular complexity index is 1660. The van der Waals surface area contributed by atoms with Crippen LogP contribution in [0.25, 0.3) is 21.2 Å². The van der Waals surface area contributed by atoms with E-state index in [4.69, 9.17) is 9.40 Å². The molecule has 0 radical (unpaired) electrons. The molecular weight excluding hydrogens is 439 g/mol. The Kier molecular flexibility index (Phi) is 4.25. The van der Waals surface area contributed by atoms with Gasteiger partial charge in [-0.25, -0.2) is 9.37 Å². The largest absolute Gasteiger partial charge is 0.450 e. The van der Waals surface area contributed by atoms with Gasteiger partial charge in [0.25, 0.3) is 5.91 Å². The standard InChI is InChI=1S/C26H17FN2O3S/c1-13-10-14(2)21-19(11-13)33-26(28-21)29-22(15-6-4-3-5-7-15)20-23(30)17-12-16(27)8-9-18(17)32-24(20)25(29)31/h3-12,22H,1-2H3/t22-/m0/s1. The van der Waals surface area contributed by atoms with Crippen molar-refractivity contribution in [1.82, 2.24) is 4.98 Å². The van der Waals surface area contributed by atoms with Crippen molar-refractivity contribution >= 4 is 43.6 Å². The minimum atomic E-state index is -0.723. The number of amides is 1. The third kappa shape index (κ3) is 2.93. The molecule has 1 aliphatic heterocycles. The summed E-state index contributed by atoms with van der Waals surface area (Å²) < 4.78 is 20.8. The van der Waals surface area contributed by atoms with Gasteiger partial charge in [-0.05, 0) is 54.8 Å². The second-order valence-corrected chi connectivity index (χ2v) is 9.24. The molecule has 3 heterocycles. The summed E-state index contributed by atoms with van der Waals surface area (Å²) in [4.78, 5) is 33.5. The number of aromatic nitrogens is 1. The van der Waals surface area contributed by atoms with Crippen LogP contribution in [0.15, 0.2) is 69.9 Å². The van der Waals surface area contributed by atoms with Crippen molar-refractivity contribution in [1.29, 1.82) is 0 Å². The molecular formula is C26H17FN2O3S. The molecule has 0 bridgehead atoms. The summed E-state index contributed by atoms with van der Waals surface area (Å²) in [6, 6.07) is 16.4. The van der Waals surface area contributed by atoms with Crippen LogP contribution in [-0.2, 0) is 0 Å². The van der Waals surface area contributed by atoms with Gasteiger partial charge >= 0.3 is 0 Å². The number of aryl methyl sites for hydroxylation is 2. The van der Waals surface area contributed by atoms with Crippen LogP contribution in [0, 0.1) is 19.7 Å². The minimum Gasteiger partial charge on any atom is -0.450 e. The van der Waals surface area contributed by atoms with E-state index in [2.05, 4.69) is 0 Å². The van der Waals surface area contributed by atoms with Gasteiger partial charge in [0, 0.05) is 0 Å². The van der Waals surface area contributed by atoms with E-state index in [1.54, 1.807) is 0 Å². The number of hydrogen-bond donors (Lipinski definition) is 0. The van der Waals surface area contributed by atoms with Crippen molar-refractivity contribution < 1.29 is 13.6 Å². The van der Waals surface area contributed by atoms with Crippen LogP contribution >= 0.6 is 11.3 Å². The van der Waals surface area contributed by atoms with Crippen molar-refractivity contribution in [2.24, 2.45) is 0 Å². The average molecular weight is 456 g/mol. The van der Waals surface area contributed by atoms with Crippen molar-refractivity contribution in [3.05, 3.63) is 105 Å². The molecule has 0 spiro atoms. The second-order valence-electron chi connectivity index (χ2n) is 8.23. The Hall–Kier alpha value is -3.84. The van der Waals surface area contributed by atoms with E-state index in [1.807, 2.05) is 56.3 Å². The van der Waals surface area contributed by atoms with Crippen LogP contribution in [0.2, 0.25) is 0 Å². The van der Waals surface area contributed by atoms with Gasteiger partial charge < -0.3 is 4.42 Å². The second kappa shape index (κ2) is 7.08. The maximum absolute atomic E-state index is 13.9. The molecule has 0 unspecified atom stereocenters. The first-order valence-corrected chi connectivity index (χ1v) is 11.3. The van der Waals surface area contributed by atoms with Crippen LogP contribution < -0.4 is 10.3 Å². The number of nitrogens with zero attached hydrogens (tertiary/aromatic N) is 2. The van der Waals surface area contributed by atoms with E-state index < -0.39 is 23.2 Å². The van der Waals surface area contributed by atoms with Crippen LogP contribution in [0.4, 0.5) is 9.52 Å². The van der Waals surface area contributed by atoms with Gasteiger partial charge in [-0.1, -0.05) is 47.7 Å². The van der Waals surface area contributed by atoms with Gasteiger partial charge in [0.2, 0.25) is 5.76 Å². The maximum Gasteiger partial charge on any atom is 0.297 e. The molecule has 5 nitrogen and oxygen atoms in total. The molecule has 7 heteroatoms. The molecule has 0 saturated heterocycles. The lowest BCUT2D eigenvalue weighted by molar-refractivity contribution is 0.0971. The monoisotopic (exact) mass is 456 g/mol. The van der Waals surface area contributed by atoms with E-state index in [-0.39, 0.29) is 22.3 Å². The van der Waals surface area contributed by atoms with Gasteiger partial charge in [-0.3, -0.25) is 14.5 Å². The highest BCUT2D eigenvalue weighted by Crippen LogP contribution is 2.44. The molecule has 3 aromatic carbocycles. The number of fused-ring (bicyclic) bond motifs is 3. The maximum atomic E-state index is 13.9. The third-order valence-electron chi connectivity index (χ3n) is 5.97. The number of carbonyl (C=O) groups excluding carboxylic acids is 1. The van der Waals surface area contributed by atoms with Crippen LogP contribution in [0.5, 0.6) is 0 Å². The molecule has 6 rings (SSSR count). The van der Waals surface area contributed by atoms with Gasteiger partial charge in [0.15, 0.2) is 10.6 Å². The predicted octanol–water partition coefficient (Wildman–Crippen LogP) is 5.91. The number of thiazole rings is 1. The Morgan fingerprint density at radius 1 is 1.03 bits per heavy atom. The third-order valence-corrected chi connectivity index (χ3v) is 6.97. The molecule has 162 valence electrons. The molecule has 0 saturated carbocycles. The van der Waals surface area contributed by atoms with Crippen molar-refractivity contribution in [3.63, 3.8) is 0 Å². The number of hydrogen-bond acceptors (Lipinski definition) is 5. The van der Waals surface area contributed by atoms with Gasteiger partial charge in [-0.2, -0.15) is 0 Å². The quantitative estimate of drug-likeness (QED) is 0.331. The molecule has 5 aromatic rings. The molecule has 0 N–H and O–H groups in total. The summed E-state index contributed by atoms with van der Waals surface area (Å²) in [6.07, 6.45) is 0. The first kappa shape index (κ1) is 19.8. The smallest absolute Gasteiger partial charge is 0.297 e. The summed E-state index contributed by atoms with van der Waals surface area (Å²) in [5.74, 6) is -1.00. The molecule has 2 aromatic heterocycles. The number of carbonyl (C=O) groups is 1. The Labute approximate surface area is 191 Å². The lowest BCUT2D eigenvalue weighted by atomic mass is 9.99. The zero-order valence-electron chi connectivity index (χ0n) is 17.8. The molecule has 1 aliphatic rings. The fraction of sp³-hybridized carbons (Fsp3) is 0.115. The molecule has 1 amide bonds. The first-order valence-electron chi connectivity index (χ1n) is 10.4. The Morgan fingerprint density at radius 2 is 1.82 bits per heavy atom. The van der Waals surface area contributed by atoms with E-state index in [9.17, 15) is 14.0 Å². The number of anilines is 1. The van der Waals surface area contributed by atoms with E-state index >= 15 is 0 Å². The van der Waals surface area contributed by atoms with Gasteiger partial charge in [0.05, 0.1) is 27.2 Å². The molecule has 33 heavy (non-hydrogen) atoms. The van der Waals surface area contributed by atoms with Crippen LogP contribution in [-0.4, -0.2) is 10.9 Å². The lowest BCUT2D eigenvalue weighted by Crippen LogP contribution is -2.29. The summed E-state index contributed by atoms with van der Waals surface area (Å²) in [5, 5.41) is 0.596. The van der Waals surface area contributed by atoms with Crippen molar-refractivity contribution in [3.8, 4) is 0 Å². The van der Waals surface area contributed by atoms with Gasteiger partial charge in [0.1, 0.15) is 11.4 Å². The lowest BCUT2D eigenvalue weighted by Gasteiger charge is -2.22. The summed E-state index contributed by atoms with van der Waals surface area (Å²) in [7, 11) is 0. The van der Waals surface area contributed by atoms with Crippen LogP contribution in [0.1, 0.15) is 38.9 Å². The minimum absolute atomic E-state index is 0.0277. The molecule has 0 aliphatic carbocycles. The topological polar surface area (TPSA) is 63.4 Å². The highest BCUT2D eigenvalue weighted by atomic mass is 32.1. The molecule has 1 atom stereocenters. The first-order chi connectivity index (χ1) is 15.9. The van der Waals surface area contributed by atoms with Crippen LogP contribution in [0.3, 0.4) is 0 Å². The number of rotatable bonds is 2. The fourth-order valence-corrected chi connectivity index (χ4v) is 5.72. The highest BCUT2D eigenvalue weighted by molar-refractivity contribution is 7.22. The summed E-state index contributed by atoms with van der Waals surface area (Å²) in [6.45, 7) is 4.00. The molecule has 0 fully saturated rings. The summed E-state index contributed by atoms with van der Waals surface area (Å²) >= 11 is 1.40. The highest BCUT2D eigenvalue weighted by Gasteiger charge is 2.45. The number of benzene rings is 3. The zero-order chi connectivity index (χ0) is 22.9. The van der Waals surface area contributed by atoms with E-state index in [1.165, 1.54) is 28.4 Å². The zero-order valence-corrected chi connectivity index (χ0v) is 18.6. The van der Waals surface area contributed by atoms with E-state index in [0.717, 1.165) is 33.0 Å². The Morgan fingerprint density at radius 3 is 2.61 bits per heavy atom. The fourth-order valence-electron chi connectivity index (χ4n) is 4.56. The SMILES string of the molecule is Cc1cc(C)c2nc(N3C(=O)c4oc5ccc(F)cc5c(=O)c4[C@@H]3c3ccccc3)sc2c1. The van der Waals surface area contributed by atoms with E-state index in [0.29, 0.717) is 5.13 Å². The normalized spacial score (nSPS) is 15.5. The van der Waals surface area contributed by atoms with Crippen molar-refractivity contribution in [2.45, 2.75) is 19.9 Å². The predicted molar refractivity (Wildman–Crippen MR) is 127 cm³/mol. The average Bonchev–Trinajstić information content (AvgIpc) is 3.34. The number of halogens is 1. The summed E-state index contributed by atoms with van der Waals surface area (Å²) in [5.41, 5.74) is 3.67. The van der Waals surface area contributed by atoms with Gasteiger partial charge in [-0.15, -0.1) is 0 Å². The van der Waals surface area contributed by atoms with Crippen molar-refractivity contribution in [2.75, 3.05) is 4.90 Å².